The minimum absolute atomic E-state index is 0.00522. The van der Waals surface area contributed by atoms with Crippen molar-refractivity contribution in [3.63, 3.8) is 0 Å². The van der Waals surface area contributed by atoms with Crippen LogP contribution in [-0.4, -0.2) is 278 Å². The number of hydrogen-bond donors (Lipinski definition) is 12. The Bertz CT molecular complexity index is 3260. The molecule has 2 rings (SSSR count). The summed E-state index contributed by atoms with van der Waals surface area (Å²) in [4.78, 5) is 169. The lowest BCUT2D eigenvalue weighted by atomic mass is 9.93. The van der Waals surface area contributed by atoms with Gasteiger partial charge in [0, 0.05) is 84.3 Å². The van der Waals surface area contributed by atoms with E-state index in [9.17, 15) is 82.4 Å². The number of carboxylic acids is 5. The molecular weight excluding hydrogens is 1580 g/mol. The first kappa shape index (κ1) is 108. The van der Waals surface area contributed by atoms with Gasteiger partial charge < -0.3 is 110 Å². The molecule has 0 saturated heterocycles. The van der Waals surface area contributed by atoms with E-state index in [-0.39, 0.29) is 240 Å². The summed E-state index contributed by atoms with van der Waals surface area (Å²) >= 11 is 0. The quantitative estimate of drug-likeness (QED) is 0.0304. The van der Waals surface area contributed by atoms with Gasteiger partial charge in [0.15, 0.2) is 5.78 Å². The summed E-state index contributed by atoms with van der Waals surface area (Å²) in [6, 6.07) is 9.71. The van der Waals surface area contributed by atoms with Gasteiger partial charge in [0.25, 0.3) is 0 Å². The molecule has 684 valence electrons. The van der Waals surface area contributed by atoms with Crippen LogP contribution < -0.4 is 46.7 Å². The number of benzene rings is 2. The molecule has 0 aliphatic rings. The Kier molecular flexibility index (Phi) is 64.7. The van der Waals surface area contributed by atoms with Crippen molar-refractivity contribution in [2.45, 2.75) is 224 Å². The maximum atomic E-state index is 13.0. The summed E-state index contributed by atoms with van der Waals surface area (Å²) in [5.41, 5.74) is 0.405. The molecule has 36 heteroatoms. The van der Waals surface area contributed by atoms with Crippen molar-refractivity contribution in [3.05, 3.63) is 59.7 Å². The molecule has 0 aromatic heterocycles. The Labute approximate surface area is 709 Å². The highest BCUT2D eigenvalue weighted by molar-refractivity contribution is 5.89. The summed E-state index contributed by atoms with van der Waals surface area (Å²) in [6.45, 7) is 3.72. The van der Waals surface area contributed by atoms with Gasteiger partial charge in [-0.2, -0.15) is 0 Å². The highest BCUT2D eigenvalue weighted by Crippen LogP contribution is 2.20. The number of unbranched alkanes of at least 4 members (excludes halogenated alkanes) is 14. The van der Waals surface area contributed by atoms with Crippen molar-refractivity contribution in [2.24, 2.45) is 5.92 Å². The Hall–Kier alpha value is -9.14. The zero-order chi connectivity index (χ0) is 88.6. The number of nitrogens with one attached hydrogen (secondary N) is 7. The number of likely N-dealkylation sites (N-methyl/N-ethyl adjacent to an activating group) is 1. The molecule has 0 aliphatic carbocycles. The Morgan fingerprint density at radius 3 is 1.07 bits per heavy atom. The monoisotopic (exact) mass is 1720 g/mol. The van der Waals surface area contributed by atoms with Gasteiger partial charge in [-0.25, -0.2) is 19.2 Å². The van der Waals surface area contributed by atoms with E-state index in [0.29, 0.717) is 109 Å². The number of rotatable bonds is 84. The van der Waals surface area contributed by atoms with Crippen LogP contribution in [0.25, 0.3) is 0 Å². The molecule has 36 nitrogen and oxygen atoms in total. The van der Waals surface area contributed by atoms with E-state index in [4.69, 9.17) is 57.6 Å². The van der Waals surface area contributed by atoms with Crippen molar-refractivity contribution in [1.82, 2.24) is 37.2 Å². The number of aromatic carboxylic acids is 2. The largest absolute Gasteiger partial charge is 0.494 e. The second-order valence-electron chi connectivity index (χ2n) is 29.0. The molecule has 121 heavy (non-hydrogen) atoms. The zero-order valence-corrected chi connectivity index (χ0v) is 70.6. The average Bonchev–Trinajstić information content (AvgIpc) is 0.894. The second kappa shape index (κ2) is 72.5. The fourth-order valence-corrected chi connectivity index (χ4v) is 12.0. The number of ketones is 3. The average molecular weight is 1720 g/mol. The maximum Gasteiger partial charge on any atom is 0.335 e. The number of carboxylic acid groups (broad SMARTS) is 5. The molecular formula is C85H135N7O29. The van der Waals surface area contributed by atoms with Crippen molar-refractivity contribution in [2.75, 3.05) is 152 Å². The summed E-state index contributed by atoms with van der Waals surface area (Å²) in [6.07, 6.45) is 17.2. The van der Waals surface area contributed by atoms with Crippen LogP contribution in [0, 0.1) is 5.92 Å². The van der Waals surface area contributed by atoms with Crippen molar-refractivity contribution in [3.8, 4) is 11.5 Å². The number of carbonyl (C=O) groups is 14. The van der Waals surface area contributed by atoms with Crippen molar-refractivity contribution in [1.29, 1.82) is 0 Å². The molecule has 0 aliphatic heterocycles. The minimum atomic E-state index is -1.22. The third-order valence-corrected chi connectivity index (χ3v) is 18.9. The molecule has 4 atom stereocenters. The van der Waals surface area contributed by atoms with Gasteiger partial charge >= 0.3 is 29.8 Å². The van der Waals surface area contributed by atoms with Gasteiger partial charge in [0.1, 0.15) is 61.6 Å². The number of ether oxygens (including phenoxy) is 10. The van der Waals surface area contributed by atoms with Gasteiger partial charge in [0.2, 0.25) is 35.4 Å². The molecule has 12 N–H and O–H groups in total. The fraction of sp³-hybridized carbons (Fsp3) is 0.694. The lowest BCUT2D eigenvalue weighted by Gasteiger charge is -2.17. The topological polar surface area (TPSA) is 517 Å². The summed E-state index contributed by atoms with van der Waals surface area (Å²) < 4.78 is 54.6. The van der Waals surface area contributed by atoms with Crippen LogP contribution in [0.3, 0.4) is 0 Å². The van der Waals surface area contributed by atoms with E-state index in [1.165, 1.54) is 24.3 Å². The van der Waals surface area contributed by atoms with Gasteiger partial charge in [0.05, 0.1) is 102 Å². The lowest BCUT2D eigenvalue weighted by molar-refractivity contribution is -0.143. The van der Waals surface area contributed by atoms with E-state index >= 15 is 0 Å². The number of aliphatic carboxylic acids is 3. The number of carbonyl (C=O) groups excluding carboxylic acids is 9. The highest BCUT2D eigenvalue weighted by Gasteiger charge is 2.25. The fourth-order valence-electron chi connectivity index (χ4n) is 12.0. The summed E-state index contributed by atoms with van der Waals surface area (Å²) in [7, 11) is 1.67. The van der Waals surface area contributed by atoms with Crippen LogP contribution in [0.5, 0.6) is 11.5 Å². The van der Waals surface area contributed by atoms with E-state index < -0.39 is 53.9 Å². The first-order valence-electron chi connectivity index (χ1n) is 42.6. The first-order valence-corrected chi connectivity index (χ1v) is 42.6. The van der Waals surface area contributed by atoms with Gasteiger partial charge in [-0.1, -0.05) is 70.6 Å². The molecule has 0 unspecified atom stereocenters. The molecule has 0 saturated carbocycles. The maximum absolute atomic E-state index is 13.0. The molecule has 6 amide bonds. The van der Waals surface area contributed by atoms with Gasteiger partial charge in [-0.3, -0.25) is 47.9 Å². The molecule has 0 spiro atoms. The van der Waals surface area contributed by atoms with Crippen LogP contribution in [0.1, 0.15) is 226 Å². The molecule has 0 heterocycles. The summed E-state index contributed by atoms with van der Waals surface area (Å²) in [5.74, 6) is -7.41. The van der Waals surface area contributed by atoms with Crippen LogP contribution >= 0.6 is 0 Å². The first-order chi connectivity index (χ1) is 58.5. The van der Waals surface area contributed by atoms with Crippen LogP contribution in [0.2, 0.25) is 0 Å². The highest BCUT2D eigenvalue weighted by atomic mass is 16.5. The Morgan fingerprint density at radius 1 is 0.281 bits per heavy atom. The second-order valence-corrected chi connectivity index (χ2v) is 29.0. The Balaban J connectivity index is 1.34. The van der Waals surface area contributed by atoms with E-state index in [1.807, 2.05) is 0 Å². The number of Topliss-reactive ketones (excluding diaryl/α,β-unsaturated/α-hetero) is 3. The van der Waals surface area contributed by atoms with Crippen LogP contribution in [-0.2, 0) is 95.4 Å². The number of amides is 6. The van der Waals surface area contributed by atoms with Gasteiger partial charge in [-0.05, 0) is 145 Å². The standard InChI is InChI=1S/C85H135N7O29/c1-86-71(25-15-17-43-88-79(100)61-117-57-53-113-47-21-24-68(94)60-116-56-54-114-50-44-89-75(96)41-39-73(85(110)111)92-77(98)27-13-9-5-3-7-11-19-49-121-70-36-30-66(31-37-70)83(106)107)74(95)40-32-64(81(102)103)22-14-16-42-87-78(99)62-119-59-55-115-51-45-90-80(101)63-118-58-52-112-46-20-23-67(93)33-38-72(84(108)109)91-76(97)26-12-8-4-2-6-10-18-48-120-69-34-28-65(29-35-69)82(104)105/h28-31,34-37,64,71-73,86H,2-27,32-33,38-63H2,1H3,(H,87,99)(H,88,100)(H,89,96)(H,90,101)(H,91,97)(H,92,98)(H,102,103)(H,104,105)(H,106,107)(H,108,109)(H,110,111)/t64-,71+,72+,73+/m1/s1. The van der Waals surface area contributed by atoms with Crippen molar-refractivity contribution >= 4 is 82.6 Å². The predicted molar refractivity (Wildman–Crippen MR) is 442 cm³/mol. The normalized spacial score (nSPS) is 12.1. The lowest BCUT2D eigenvalue weighted by Crippen LogP contribution is -2.41. The smallest absolute Gasteiger partial charge is 0.335 e. The third-order valence-electron chi connectivity index (χ3n) is 18.9. The van der Waals surface area contributed by atoms with Crippen molar-refractivity contribution < 1.29 is 140 Å². The van der Waals surface area contributed by atoms with Crippen LogP contribution in [0.15, 0.2) is 48.5 Å². The van der Waals surface area contributed by atoms with E-state index in [1.54, 1.807) is 31.3 Å². The molecule has 2 aromatic rings. The van der Waals surface area contributed by atoms with Gasteiger partial charge in [-0.15, -0.1) is 0 Å². The van der Waals surface area contributed by atoms with Crippen LogP contribution in [0.4, 0.5) is 0 Å². The Morgan fingerprint density at radius 2 is 0.653 bits per heavy atom. The molecule has 0 fully saturated rings. The third kappa shape index (κ3) is 61.8. The zero-order valence-electron chi connectivity index (χ0n) is 70.6. The number of hydrogen-bond acceptors (Lipinski definition) is 25. The molecule has 0 radical (unpaired) electrons. The summed E-state index contributed by atoms with van der Waals surface area (Å²) in [5, 5.41) is 65.9. The molecule has 0 bridgehead atoms. The van der Waals surface area contributed by atoms with E-state index in [2.05, 4.69) is 37.2 Å². The van der Waals surface area contributed by atoms with E-state index in [0.717, 1.165) is 77.0 Å². The SMILES string of the molecule is CN[C@@H](CCCCNC(=O)COCCOCCCC(=O)COCCOCCNC(=O)CC[C@H](NC(=O)CCCCCCCCCOc1ccc(C(=O)O)cc1)C(=O)O)C(=O)CC[C@@H](CCCCNC(=O)COCCOCCNC(=O)COCCOCCCC(=O)CC[C@H](NC(=O)CCCCCCCCCOc1ccc(C(=O)O)cc1)C(=O)O)C(=O)O. The predicted octanol–water partition coefficient (Wildman–Crippen LogP) is 6.76. The minimum Gasteiger partial charge on any atom is -0.494 e. The molecule has 2 aromatic carbocycles.